The van der Waals surface area contributed by atoms with E-state index in [1.54, 1.807) is 0 Å². The molecule has 6 heteroatoms. The summed E-state index contributed by atoms with van der Waals surface area (Å²) in [5.74, 6) is -0.784. The number of rotatable bonds is 5. The zero-order valence-corrected chi connectivity index (χ0v) is 14.1. The Balaban J connectivity index is 2.15. The van der Waals surface area contributed by atoms with Gasteiger partial charge in [-0.25, -0.2) is 0 Å². The molecule has 0 saturated heterocycles. The Kier molecular flexibility index (Phi) is 5.76. The molecule has 2 amide bonds. The predicted molar refractivity (Wildman–Crippen MR) is 92.9 cm³/mol. The molecule has 0 fully saturated rings. The van der Waals surface area contributed by atoms with Crippen molar-refractivity contribution in [2.24, 2.45) is 0 Å². The van der Waals surface area contributed by atoms with E-state index in [-0.39, 0.29) is 28.6 Å². The Morgan fingerprint density at radius 2 is 1.87 bits per heavy atom. The molecule has 0 spiro atoms. The molecule has 120 valence electrons. The maximum absolute atomic E-state index is 12.4. The number of carbonyl (C=O) groups is 2. The van der Waals surface area contributed by atoms with Crippen LogP contribution in [-0.2, 0) is 4.79 Å². The third-order valence-electron chi connectivity index (χ3n) is 3.29. The maximum atomic E-state index is 12.4. The first-order valence-corrected chi connectivity index (χ1v) is 8.18. The zero-order valence-electron chi connectivity index (χ0n) is 12.5. The van der Waals surface area contributed by atoms with Gasteiger partial charge in [-0.05, 0) is 30.7 Å². The first-order chi connectivity index (χ1) is 11.0. The van der Waals surface area contributed by atoms with E-state index < -0.39 is 5.91 Å². The van der Waals surface area contributed by atoms with Gasteiger partial charge in [-0.3, -0.25) is 9.59 Å². The molecule has 0 heterocycles. The summed E-state index contributed by atoms with van der Waals surface area (Å²) in [6.45, 7) is 1.86. The Bertz CT molecular complexity index is 704. The molecule has 0 aliphatic carbocycles. The topological polar surface area (TPSA) is 78.4 Å². The van der Waals surface area contributed by atoms with Crippen molar-refractivity contribution in [1.82, 2.24) is 5.32 Å². The highest BCUT2D eigenvalue weighted by Crippen LogP contribution is 2.23. The average Bonchev–Trinajstić information content (AvgIpc) is 2.57. The predicted octanol–water partition coefficient (Wildman–Crippen LogP) is 3.22. The van der Waals surface area contributed by atoms with Crippen molar-refractivity contribution in [1.29, 1.82) is 0 Å². The number of anilines is 1. The largest absolute Gasteiger partial charge is 0.507 e. The van der Waals surface area contributed by atoms with Crippen LogP contribution in [0.1, 0.15) is 28.9 Å². The van der Waals surface area contributed by atoms with Crippen LogP contribution in [0.25, 0.3) is 0 Å². The van der Waals surface area contributed by atoms with Gasteiger partial charge in [-0.15, -0.1) is 0 Å². The molecule has 1 atom stereocenters. The van der Waals surface area contributed by atoms with E-state index in [9.17, 15) is 14.7 Å². The van der Waals surface area contributed by atoms with Gasteiger partial charge in [-0.1, -0.05) is 46.3 Å². The summed E-state index contributed by atoms with van der Waals surface area (Å²) in [7, 11) is 0. The number of hydrogen-bond acceptors (Lipinski definition) is 3. The van der Waals surface area contributed by atoms with Crippen molar-refractivity contribution < 1.29 is 14.7 Å². The molecule has 0 aromatic heterocycles. The highest BCUT2D eigenvalue weighted by atomic mass is 79.9. The van der Waals surface area contributed by atoms with E-state index in [0.29, 0.717) is 5.69 Å². The van der Waals surface area contributed by atoms with E-state index in [4.69, 9.17) is 0 Å². The number of amides is 2. The fourth-order valence-corrected chi connectivity index (χ4v) is 2.23. The molecule has 0 radical (unpaired) electrons. The van der Waals surface area contributed by atoms with E-state index in [1.165, 1.54) is 18.2 Å². The third-order valence-corrected chi connectivity index (χ3v) is 3.80. The molecule has 2 aromatic carbocycles. The summed E-state index contributed by atoms with van der Waals surface area (Å²) in [5, 5.41) is 15.5. The lowest BCUT2D eigenvalue weighted by atomic mass is 10.1. The fourth-order valence-electron chi connectivity index (χ4n) is 2.09. The Labute approximate surface area is 142 Å². The van der Waals surface area contributed by atoms with Crippen LogP contribution in [0.2, 0.25) is 0 Å². The molecule has 0 saturated carbocycles. The lowest BCUT2D eigenvalue weighted by Crippen LogP contribution is -2.26. The number of carbonyl (C=O) groups excluding carboxylic acids is 2. The van der Waals surface area contributed by atoms with Crippen LogP contribution in [-0.4, -0.2) is 22.3 Å². The highest BCUT2D eigenvalue weighted by molar-refractivity contribution is 9.09. The number of benzene rings is 2. The summed E-state index contributed by atoms with van der Waals surface area (Å²) >= 11 is 3.05. The van der Waals surface area contributed by atoms with Crippen LogP contribution in [0.4, 0.5) is 5.69 Å². The van der Waals surface area contributed by atoms with Gasteiger partial charge in [0.1, 0.15) is 5.75 Å². The first-order valence-electron chi connectivity index (χ1n) is 7.06. The normalized spacial score (nSPS) is 11.6. The standard InChI is InChI=1S/C17H17BrN2O3/c1-11(12-5-3-2-4-6-12)19-17(23)14-9-13(7-8-15(14)21)20-16(22)10-18/h2-9,11,21H,10H2,1H3,(H,19,23)(H,20,22)/t11-/m0/s1. The molecule has 0 unspecified atom stereocenters. The molecule has 0 aliphatic heterocycles. The van der Waals surface area contributed by atoms with Gasteiger partial charge in [0.25, 0.3) is 5.91 Å². The average molecular weight is 377 g/mol. The fraction of sp³-hybridized carbons (Fsp3) is 0.176. The van der Waals surface area contributed by atoms with Gasteiger partial charge >= 0.3 is 0 Å². The second-order valence-electron chi connectivity index (χ2n) is 5.02. The summed E-state index contributed by atoms with van der Waals surface area (Å²) in [5.41, 5.74) is 1.52. The van der Waals surface area contributed by atoms with Crippen LogP contribution in [0.5, 0.6) is 5.75 Å². The highest BCUT2D eigenvalue weighted by Gasteiger charge is 2.16. The van der Waals surface area contributed by atoms with Gasteiger partial charge in [0.15, 0.2) is 0 Å². The molecule has 2 rings (SSSR count). The summed E-state index contributed by atoms with van der Waals surface area (Å²) in [6, 6.07) is 13.7. The molecular weight excluding hydrogens is 360 g/mol. The van der Waals surface area contributed by atoms with Crippen molar-refractivity contribution in [2.45, 2.75) is 13.0 Å². The Hall–Kier alpha value is -2.34. The number of phenolic OH excluding ortho intramolecular Hbond substituents is 1. The first kappa shape index (κ1) is 17.0. The van der Waals surface area contributed by atoms with Crippen molar-refractivity contribution in [3.63, 3.8) is 0 Å². The van der Waals surface area contributed by atoms with E-state index in [0.717, 1.165) is 5.56 Å². The van der Waals surface area contributed by atoms with Crippen LogP contribution < -0.4 is 10.6 Å². The van der Waals surface area contributed by atoms with E-state index >= 15 is 0 Å². The number of nitrogens with one attached hydrogen (secondary N) is 2. The summed E-state index contributed by atoms with van der Waals surface area (Å²) in [4.78, 5) is 23.8. The minimum atomic E-state index is -0.409. The Morgan fingerprint density at radius 1 is 1.17 bits per heavy atom. The van der Waals surface area contributed by atoms with Crippen molar-refractivity contribution in [2.75, 3.05) is 10.6 Å². The molecule has 3 N–H and O–H groups in total. The van der Waals surface area contributed by atoms with Crippen LogP contribution in [0, 0.1) is 0 Å². The maximum Gasteiger partial charge on any atom is 0.255 e. The van der Waals surface area contributed by atoms with Crippen molar-refractivity contribution in [3.8, 4) is 5.75 Å². The number of aromatic hydroxyl groups is 1. The van der Waals surface area contributed by atoms with Crippen molar-refractivity contribution >= 4 is 33.4 Å². The number of halogens is 1. The van der Waals surface area contributed by atoms with Gasteiger partial charge in [0.2, 0.25) is 5.91 Å². The molecule has 0 bridgehead atoms. The minimum Gasteiger partial charge on any atom is -0.507 e. The number of hydrogen-bond donors (Lipinski definition) is 3. The second kappa shape index (κ2) is 7.78. The smallest absolute Gasteiger partial charge is 0.255 e. The SMILES string of the molecule is C[C@H](NC(=O)c1cc(NC(=O)CBr)ccc1O)c1ccccc1. The molecule has 0 aliphatic rings. The lowest BCUT2D eigenvalue weighted by Gasteiger charge is -2.15. The molecule has 23 heavy (non-hydrogen) atoms. The van der Waals surface area contributed by atoms with Gasteiger partial charge < -0.3 is 15.7 Å². The number of alkyl halides is 1. The zero-order chi connectivity index (χ0) is 16.8. The van der Waals surface area contributed by atoms with Crippen LogP contribution in [0.15, 0.2) is 48.5 Å². The number of phenols is 1. The monoisotopic (exact) mass is 376 g/mol. The van der Waals surface area contributed by atoms with Crippen molar-refractivity contribution in [3.05, 3.63) is 59.7 Å². The summed E-state index contributed by atoms with van der Waals surface area (Å²) in [6.07, 6.45) is 0. The van der Waals surface area contributed by atoms with Gasteiger partial charge in [0.05, 0.1) is 16.9 Å². The Morgan fingerprint density at radius 3 is 2.52 bits per heavy atom. The summed E-state index contributed by atoms with van der Waals surface area (Å²) < 4.78 is 0. The third kappa shape index (κ3) is 4.56. The van der Waals surface area contributed by atoms with E-state index in [1.807, 2.05) is 37.3 Å². The van der Waals surface area contributed by atoms with Gasteiger partial charge in [0, 0.05) is 5.69 Å². The minimum absolute atomic E-state index is 0.111. The lowest BCUT2D eigenvalue weighted by molar-refractivity contribution is -0.113. The molecule has 5 nitrogen and oxygen atoms in total. The molecule has 2 aromatic rings. The van der Waals surface area contributed by atoms with Gasteiger partial charge in [-0.2, -0.15) is 0 Å². The van der Waals surface area contributed by atoms with E-state index in [2.05, 4.69) is 26.6 Å². The second-order valence-corrected chi connectivity index (χ2v) is 5.58. The van der Waals surface area contributed by atoms with Crippen LogP contribution >= 0.6 is 15.9 Å². The quantitative estimate of drug-likeness (QED) is 0.553. The molecular formula is C17H17BrN2O3. The van der Waals surface area contributed by atoms with Crippen LogP contribution in [0.3, 0.4) is 0 Å².